The molecule has 8 heteroatoms. The van der Waals surface area contributed by atoms with Crippen LogP contribution in [0.3, 0.4) is 0 Å². The Kier molecular flexibility index (Phi) is 6.46. The molecule has 4 fully saturated rings. The summed E-state index contributed by atoms with van der Waals surface area (Å²) in [7, 11) is 0. The van der Waals surface area contributed by atoms with Crippen LogP contribution >= 0.6 is 27.5 Å². The summed E-state index contributed by atoms with van der Waals surface area (Å²) in [5, 5.41) is 6.44. The van der Waals surface area contributed by atoms with Gasteiger partial charge < -0.3 is 20.1 Å². The zero-order valence-electron chi connectivity index (χ0n) is 18.0. The van der Waals surface area contributed by atoms with Gasteiger partial charge in [-0.3, -0.25) is 4.79 Å². The molecule has 0 heterocycles. The lowest BCUT2D eigenvalue weighted by Gasteiger charge is -2.60. The number of ether oxygens (including phenoxy) is 2. The van der Waals surface area contributed by atoms with E-state index in [0.29, 0.717) is 29.4 Å². The number of amides is 2. The van der Waals surface area contributed by atoms with E-state index in [1.807, 2.05) is 24.3 Å². The number of carbonyl (C=O) groups excluding carboxylic acids is 2. The Balaban J connectivity index is 1.40. The van der Waals surface area contributed by atoms with E-state index in [-0.39, 0.29) is 30.2 Å². The van der Waals surface area contributed by atoms with Crippen LogP contribution in [0.5, 0.6) is 5.75 Å². The second-order valence-electron chi connectivity index (χ2n) is 9.77. The van der Waals surface area contributed by atoms with E-state index in [2.05, 4.69) is 26.6 Å². The van der Waals surface area contributed by atoms with Crippen molar-refractivity contribution in [3.05, 3.63) is 28.7 Å². The molecule has 2 N–H and O–H groups in total. The Morgan fingerprint density at radius 2 is 1.94 bits per heavy atom. The minimum atomic E-state index is -0.989. The lowest BCUT2D eigenvalue weighted by Crippen LogP contribution is -2.67. The Hall–Kier alpha value is -1.47. The summed E-state index contributed by atoms with van der Waals surface area (Å²) >= 11 is 9.07. The predicted octanol–water partition coefficient (Wildman–Crippen LogP) is 4.64. The summed E-state index contributed by atoms with van der Waals surface area (Å²) < 4.78 is 12.1. The maximum atomic E-state index is 13.2. The molecule has 1 aromatic carbocycles. The first kappa shape index (κ1) is 22.7. The molecule has 0 spiro atoms. The van der Waals surface area contributed by atoms with Crippen molar-refractivity contribution in [3.63, 3.8) is 0 Å². The first-order chi connectivity index (χ1) is 14.7. The van der Waals surface area contributed by atoms with Gasteiger partial charge in [0.05, 0.1) is 5.88 Å². The number of alkyl carbamates (subject to hydrolysis) is 1. The molecule has 170 valence electrons. The van der Waals surface area contributed by atoms with Crippen LogP contribution in [0.2, 0.25) is 0 Å². The fourth-order valence-corrected chi connectivity index (χ4v) is 6.45. The second kappa shape index (κ2) is 8.81. The highest BCUT2D eigenvalue weighted by Crippen LogP contribution is 2.55. The van der Waals surface area contributed by atoms with Gasteiger partial charge in [-0.2, -0.15) is 0 Å². The van der Waals surface area contributed by atoms with E-state index < -0.39 is 5.60 Å². The van der Waals surface area contributed by atoms with E-state index in [1.165, 1.54) is 0 Å². The van der Waals surface area contributed by atoms with Crippen molar-refractivity contribution in [1.82, 2.24) is 10.6 Å². The number of hydrogen-bond acceptors (Lipinski definition) is 4. The van der Waals surface area contributed by atoms with Crippen LogP contribution in [0.25, 0.3) is 0 Å². The van der Waals surface area contributed by atoms with Crippen LogP contribution in [-0.4, -0.2) is 41.7 Å². The first-order valence-electron chi connectivity index (χ1n) is 11.0. The lowest BCUT2D eigenvalue weighted by molar-refractivity contribution is -0.139. The van der Waals surface area contributed by atoms with Crippen molar-refractivity contribution < 1.29 is 19.1 Å². The van der Waals surface area contributed by atoms with Crippen LogP contribution in [0.15, 0.2) is 28.7 Å². The lowest BCUT2D eigenvalue weighted by atomic mass is 9.51. The minimum absolute atomic E-state index is 0.103. The van der Waals surface area contributed by atoms with Gasteiger partial charge in [-0.1, -0.05) is 22.0 Å². The number of alkyl halides is 1. The number of carbonyl (C=O) groups is 2. The minimum Gasteiger partial charge on any atom is -0.478 e. The largest absolute Gasteiger partial charge is 0.478 e. The van der Waals surface area contributed by atoms with Crippen molar-refractivity contribution >= 4 is 39.5 Å². The molecule has 31 heavy (non-hydrogen) atoms. The monoisotopic (exact) mass is 512 g/mol. The van der Waals surface area contributed by atoms with Crippen molar-refractivity contribution in [2.45, 2.75) is 63.1 Å². The summed E-state index contributed by atoms with van der Waals surface area (Å²) in [6, 6.07) is 7.63. The van der Waals surface area contributed by atoms with Gasteiger partial charge in [0.25, 0.3) is 5.91 Å². The zero-order chi connectivity index (χ0) is 22.2. The number of nitrogens with one attached hydrogen (secondary N) is 2. The highest BCUT2D eigenvalue weighted by atomic mass is 79.9. The van der Waals surface area contributed by atoms with E-state index in [4.69, 9.17) is 21.1 Å². The molecule has 4 saturated carbocycles. The third kappa shape index (κ3) is 4.98. The summed E-state index contributed by atoms with van der Waals surface area (Å²) in [5.41, 5.74) is -1.21. The maximum Gasteiger partial charge on any atom is 0.407 e. The molecule has 6 nitrogen and oxygen atoms in total. The Morgan fingerprint density at radius 3 is 2.58 bits per heavy atom. The summed E-state index contributed by atoms with van der Waals surface area (Å²) in [4.78, 5) is 25.4. The standard InChI is InChI=1S/C23H30BrClN2O4/c1-22(2,31-18-5-3-4-17(24)10-18)20(28)26-19-15-8-14-9-16(19)13-23(11-14,12-15)27-21(29)30-7-6-25/h3-5,10,14-16,19H,6-9,11-13H2,1-2H3,(H,26,28)(H,27,29)/t14?,15-,16+,19?,23?. The molecule has 0 saturated heterocycles. The fraction of sp³-hybridized carbons (Fsp3) is 0.652. The normalized spacial score (nSPS) is 31.2. The van der Waals surface area contributed by atoms with Crippen LogP contribution in [0.4, 0.5) is 4.79 Å². The predicted molar refractivity (Wildman–Crippen MR) is 122 cm³/mol. The third-order valence-corrected chi connectivity index (χ3v) is 7.61. The topological polar surface area (TPSA) is 76.7 Å². The summed E-state index contributed by atoms with van der Waals surface area (Å²) in [6.45, 7) is 3.82. The molecule has 3 unspecified atom stereocenters. The quantitative estimate of drug-likeness (QED) is 0.521. The molecule has 1 aromatic rings. The zero-order valence-corrected chi connectivity index (χ0v) is 20.3. The van der Waals surface area contributed by atoms with Crippen molar-refractivity contribution in [2.24, 2.45) is 17.8 Å². The summed E-state index contributed by atoms with van der Waals surface area (Å²) in [6.07, 6.45) is 4.53. The van der Waals surface area contributed by atoms with Crippen LogP contribution in [0, 0.1) is 17.8 Å². The van der Waals surface area contributed by atoms with E-state index >= 15 is 0 Å². The Labute approximate surface area is 196 Å². The third-order valence-electron chi connectivity index (χ3n) is 6.96. The highest BCUT2D eigenvalue weighted by Gasteiger charge is 2.56. The molecule has 4 aliphatic rings. The first-order valence-corrected chi connectivity index (χ1v) is 12.3. The number of benzene rings is 1. The fourth-order valence-electron chi connectivity index (χ4n) is 5.99. The summed E-state index contributed by atoms with van der Waals surface area (Å²) in [5.74, 6) is 2.13. The molecule has 2 amide bonds. The van der Waals surface area contributed by atoms with Gasteiger partial charge in [-0.05, 0) is 81.9 Å². The van der Waals surface area contributed by atoms with Crippen molar-refractivity contribution in [2.75, 3.05) is 12.5 Å². The van der Waals surface area contributed by atoms with Gasteiger partial charge >= 0.3 is 6.09 Å². The molecule has 4 aliphatic carbocycles. The number of halogens is 2. The van der Waals surface area contributed by atoms with Crippen LogP contribution in [-0.2, 0) is 9.53 Å². The molecule has 4 bridgehead atoms. The van der Waals surface area contributed by atoms with Gasteiger partial charge in [0.15, 0.2) is 5.60 Å². The molecule has 0 aromatic heterocycles. The smallest absolute Gasteiger partial charge is 0.407 e. The van der Waals surface area contributed by atoms with Crippen molar-refractivity contribution in [1.29, 1.82) is 0 Å². The van der Waals surface area contributed by atoms with Crippen molar-refractivity contribution in [3.8, 4) is 5.75 Å². The average molecular weight is 514 g/mol. The van der Waals surface area contributed by atoms with E-state index in [9.17, 15) is 9.59 Å². The number of hydrogen-bond donors (Lipinski definition) is 2. The van der Waals surface area contributed by atoms with E-state index in [1.54, 1.807) is 13.8 Å². The average Bonchev–Trinajstić information content (AvgIpc) is 2.67. The molecular formula is C23H30BrClN2O4. The second-order valence-corrected chi connectivity index (χ2v) is 11.1. The van der Waals surface area contributed by atoms with Gasteiger partial charge in [0.1, 0.15) is 12.4 Å². The molecule has 5 atom stereocenters. The maximum absolute atomic E-state index is 13.2. The van der Waals surface area contributed by atoms with Gasteiger partial charge in [0, 0.05) is 16.1 Å². The van der Waals surface area contributed by atoms with E-state index in [0.717, 1.165) is 36.6 Å². The van der Waals surface area contributed by atoms with Gasteiger partial charge in [0.2, 0.25) is 0 Å². The SMILES string of the molecule is CC(C)(Oc1cccc(Br)c1)C(=O)NC1[C@@H]2CC3C[C@H]1CC(NC(=O)OCCCl)(C3)C2. The number of rotatable bonds is 7. The molecule has 0 aliphatic heterocycles. The van der Waals surface area contributed by atoms with Crippen LogP contribution in [0.1, 0.15) is 46.0 Å². The Bertz CT molecular complexity index is 833. The van der Waals surface area contributed by atoms with Gasteiger partial charge in [-0.15, -0.1) is 11.6 Å². The Morgan fingerprint density at radius 1 is 1.23 bits per heavy atom. The highest BCUT2D eigenvalue weighted by molar-refractivity contribution is 9.10. The van der Waals surface area contributed by atoms with Gasteiger partial charge in [-0.25, -0.2) is 4.79 Å². The molecule has 5 rings (SSSR count). The van der Waals surface area contributed by atoms with Crippen LogP contribution < -0.4 is 15.4 Å². The molecule has 0 radical (unpaired) electrons. The molecular weight excluding hydrogens is 484 g/mol.